The van der Waals surface area contributed by atoms with Crippen LogP contribution in [0.15, 0.2) is 47.1 Å². The number of carbonyl (C=O) groups excluding carboxylic acids is 1. The lowest BCUT2D eigenvalue weighted by Crippen LogP contribution is -2.38. The average Bonchev–Trinajstić information content (AvgIpc) is 3.77. The molecule has 4 heterocycles. The second kappa shape index (κ2) is 15.9. The van der Waals surface area contributed by atoms with Gasteiger partial charge in [0.2, 0.25) is 0 Å². The van der Waals surface area contributed by atoms with Crippen molar-refractivity contribution >= 4 is 5.78 Å². The smallest absolute Gasteiger partial charge is 0.158 e. The Morgan fingerprint density at radius 2 is 1.93 bits per heavy atom. The van der Waals surface area contributed by atoms with Crippen LogP contribution in [0.25, 0.3) is 0 Å². The first kappa shape index (κ1) is 31.8. The molecule has 10 heteroatoms. The molecule has 3 fully saturated rings. The summed E-state index contributed by atoms with van der Waals surface area (Å²) in [6.45, 7) is 5.83. The third kappa shape index (κ3) is 9.41. The van der Waals surface area contributed by atoms with E-state index >= 15 is 0 Å². The third-order valence-corrected chi connectivity index (χ3v) is 8.83. The van der Waals surface area contributed by atoms with E-state index in [0.29, 0.717) is 19.4 Å². The van der Waals surface area contributed by atoms with Gasteiger partial charge in [-0.25, -0.2) is 5.10 Å². The molecule has 1 saturated carbocycles. The van der Waals surface area contributed by atoms with Crippen molar-refractivity contribution in [3.63, 3.8) is 0 Å². The maximum absolute atomic E-state index is 13.4. The number of hydrogen-bond acceptors (Lipinski definition) is 9. The van der Waals surface area contributed by atoms with Crippen molar-refractivity contribution in [2.45, 2.75) is 116 Å². The van der Waals surface area contributed by atoms with Crippen LogP contribution in [-0.2, 0) is 36.6 Å². The molecular weight excluding hydrogens is 548 g/mol. The summed E-state index contributed by atoms with van der Waals surface area (Å²) in [5, 5.41) is 14.0. The van der Waals surface area contributed by atoms with Crippen LogP contribution in [0.3, 0.4) is 0 Å². The van der Waals surface area contributed by atoms with Crippen LogP contribution in [0.5, 0.6) is 0 Å². The lowest BCUT2D eigenvalue weighted by atomic mass is 9.80. The fraction of sp³-hybridized carbons (Fsp3) is 0.697. The Hall–Kier alpha value is -2.66. The van der Waals surface area contributed by atoms with E-state index in [4.69, 9.17) is 23.4 Å². The molecule has 6 atom stereocenters. The van der Waals surface area contributed by atoms with Crippen LogP contribution in [0.1, 0.15) is 89.6 Å². The van der Waals surface area contributed by atoms with E-state index in [9.17, 15) is 4.79 Å². The number of aromatic amines is 1. The molecule has 2 aromatic heterocycles. The molecule has 0 spiro atoms. The van der Waals surface area contributed by atoms with Crippen LogP contribution in [0.2, 0.25) is 0 Å². The largest absolute Gasteiger partial charge is 0.469 e. The van der Waals surface area contributed by atoms with Gasteiger partial charge in [0, 0.05) is 49.7 Å². The zero-order chi connectivity index (χ0) is 29.9. The molecule has 0 amide bonds. The Labute approximate surface area is 254 Å². The number of allylic oxidation sites excluding steroid dienone is 2. The molecule has 5 rings (SSSR count). The van der Waals surface area contributed by atoms with Crippen molar-refractivity contribution in [2.24, 2.45) is 17.3 Å². The highest BCUT2D eigenvalue weighted by atomic mass is 16.7. The number of aromatic nitrogens is 4. The second-order valence-electron chi connectivity index (χ2n) is 12.8. The number of tetrazole rings is 1. The lowest BCUT2D eigenvalue weighted by molar-refractivity contribution is -0.197. The SMILES string of the molecule is CC(C)(Cc1ccco1)C(C=CC1C(OC2CCCCO2)CC(=O)C1C/C=C\CCCc1nnn[nH]1)OC1CCCCO1. The molecule has 0 bridgehead atoms. The molecule has 3 aliphatic rings. The number of ketones is 1. The van der Waals surface area contributed by atoms with Crippen LogP contribution in [-0.4, -0.2) is 64.4 Å². The molecule has 43 heavy (non-hydrogen) atoms. The van der Waals surface area contributed by atoms with Crippen molar-refractivity contribution < 1.29 is 28.2 Å². The number of aryl methyl sites for hydroxylation is 1. The van der Waals surface area contributed by atoms with Gasteiger partial charge in [-0.3, -0.25) is 4.79 Å². The van der Waals surface area contributed by atoms with Crippen molar-refractivity contribution in [3.05, 3.63) is 54.3 Å². The Balaban J connectivity index is 1.30. The maximum Gasteiger partial charge on any atom is 0.158 e. The standard InChI is InChI=1S/C33H48N4O6/c1-33(2,23-24-12-11-21-39-24)29(43-32-16-8-10-20-41-32)18-17-26-25(13-5-3-4-6-14-30-34-36-37-35-30)27(38)22-28(26)42-31-15-7-9-19-40-31/h3,5,11-12,17-18,21,25-26,28-29,31-32H,4,6-10,13-16,19-20,22-23H2,1-2H3,(H,34,35,36,37)/b5-3-,18-17?. The number of Topliss-reactive ketones (excluding diaryl/α,β-unsaturated/α-hetero) is 1. The number of carbonyl (C=O) groups is 1. The quantitative estimate of drug-likeness (QED) is 0.197. The predicted octanol–water partition coefficient (Wildman–Crippen LogP) is 5.92. The minimum atomic E-state index is -0.269. The van der Waals surface area contributed by atoms with E-state index in [2.05, 4.69) is 58.8 Å². The highest BCUT2D eigenvalue weighted by Gasteiger charge is 2.43. The molecule has 236 valence electrons. The number of hydrogen-bond donors (Lipinski definition) is 1. The summed E-state index contributed by atoms with van der Waals surface area (Å²) in [6.07, 6.45) is 19.9. The number of H-pyrrole nitrogens is 1. The fourth-order valence-corrected chi connectivity index (χ4v) is 6.36. The van der Waals surface area contributed by atoms with E-state index in [1.165, 1.54) is 0 Å². The van der Waals surface area contributed by atoms with E-state index in [1.54, 1.807) is 6.26 Å². The van der Waals surface area contributed by atoms with Gasteiger partial charge in [-0.2, -0.15) is 0 Å². The molecule has 1 N–H and O–H groups in total. The van der Waals surface area contributed by atoms with E-state index < -0.39 is 0 Å². The molecule has 2 aromatic rings. The van der Waals surface area contributed by atoms with Gasteiger partial charge in [0.1, 0.15) is 17.4 Å². The molecule has 0 aromatic carbocycles. The Bertz CT molecular complexity index is 1140. The first-order valence-electron chi connectivity index (χ1n) is 16.1. The first-order chi connectivity index (χ1) is 21.0. The Morgan fingerprint density at radius 1 is 1.12 bits per heavy atom. The van der Waals surface area contributed by atoms with Crippen molar-refractivity contribution in [1.82, 2.24) is 20.6 Å². The molecule has 2 saturated heterocycles. The normalized spacial score (nSPS) is 27.9. The number of unbranched alkanes of at least 4 members (excludes halogenated alkanes) is 1. The zero-order valence-corrected chi connectivity index (χ0v) is 25.7. The molecule has 2 aliphatic heterocycles. The highest BCUT2D eigenvalue weighted by Crippen LogP contribution is 2.39. The second-order valence-corrected chi connectivity index (χ2v) is 12.8. The number of nitrogens with zero attached hydrogens (tertiary/aromatic N) is 3. The van der Waals surface area contributed by atoms with E-state index in [1.807, 2.05) is 12.1 Å². The molecular formula is C33H48N4O6. The molecule has 1 aliphatic carbocycles. The summed E-state index contributed by atoms with van der Waals surface area (Å²) in [5.41, 5.74) is -0.269. The molecule has 0 radical (unpaired) electrons. The van der Waals surface area contributed by atoms with Crippen molar-refractivity contribution in [2.75, 3.05) is 13.2 Å². The summed E-state index contributed by atoms with van der Waals surface area (Å²) in [6, 6.07) is 3.93. The van der Waals surface area contributed by atoms with Gasteiger partial charge < -0.3 is 23.4 Å². The lowest BCUT2D eigenvalue weighted by Gasteiger charge is -2.36. The minimum Gasteiger partial charge on any atom is -0.469 e. The molecule has 6 unspecified atom stereocenters. The van der Waals surface area contributed by atoms with Crippen molar-refractivity contribution in [3.8, 4) is 0 Å². The summed E-state index contributed by atoms with van der Waals surface area (Å²) >= 11 is 0. The van der Waals surface area contributed by atoms with Gasteiger partial charge in [-0.05, 0) is 80.3 Å². The number of ether oxygens (including phenoxy) is 4. The number of nitrogens with one attached hydrogen (secondary N) is 1. The average molecular weight is 597 g/mol. The van der Waals surface area contributed by atoms with E-state index in [-0.39, 0.29) is 47.8 Å². The Morgan fingerprint density at radius 3 is 2.63 bits per heavy atom. The van der Waals surface area contributed by atoms with Crippen LogP contribution < -0.4 is 0 Å². The maximum atomic E-state index is 13.4. The summed E-state index contributed by atoms with van der Waals surface area (Å²) in [7, 11) is 0. The topological polar surface area (TPSA) is 122 Å². The molecule has 10 nitrogen and oxygen atoms in total. The van der Waals surface area contributed by atoms with Crippen LogP contribution >= 0.6 is 0 Å². The van der Waals surface area contributed by atoms with Gasteiger partial charge in [0.05, 0.1) is 18.5 Å². The first-order valence-corrected chi connectivity index (χ1v) is 16.1. The summed E-state index contributed by atoms with van der Waals surface area (Å²) in [4.78, 5) is 13.4. The van der Waals surface area contributed by atoms with Gasteiger partial charge in [0.25, 0.3) is 0 Å². The predicted molar refractivity (Wildman–Crippen MR) is 160 cm³/mol. The van der Waals surface area contributed by atoms with Gasteiger partial charge >= 0.3 is 0 Å². The number of furan rings is 1. The fourth-order valence-electron chi connectivity index (χ4n) is 6.36. The van der Waals surface area contributed by atoms with Gasteiger partial charge in [-0.15, -0.1) is 5.10 Å². The summed E-state index contributed by atoms with van der Waals surface area (Å²) < 4.78 is 30.7. The van der Waals surface area contributed by atoms with Crippen LogP contribution in [0.4, 0.5) is 0 Å². The Kier molecular flexibility index (Phi) is 11.7. The monoisotopic (exact) mass is 596 g/mol. The summed E-state index contributed by atoms with van der Waals surface area (Å²) in [5.74, 6) is 1.74. The number of rotatable bonds is 15. The van der Waals surface area contributed by atoms with Crippen molar-refractivity contribution in [1.29, 1.82) is 0 Å². The van der Waals surface area contributed by atoms with E-state index in [0.717, 1.165) is 82.4 Å². The van der Waals surface area contributed by atoms with Gasteiger partial charge in [0.15, 0.2) is 12.6 Å². The highest BCUT2D eigenvalue weighted by molar-refractivity contribution is 5.85. The minimum absolute atomic E-state index is 0.0688. The van der Waals surface area contributed by atoms with Gasteiger partial charge in [-0.1, -0.05) is 38.2 Å². The van der Waals surface area contributed by atoms with Crippen LogP contribution in [0, 0.1) is 17.3 Å². The zero-order valence-electron chi connectivity index (χ0n) is 25.7. The third-order valence-electron chi connectivity index (χ3n) is 8.83.